The highest BCUT2D eigenvalue weighted by Crippen LogP contribution is 2.41. The third-order valence-electron chi connectivity index (χ3n) is 3.39. The van der Waals surface area contributed by atoms with E-state index in [-0.39, 0.29) is 0 Å². The zero-order chi connectivity index (χ0) is 11.6. The highest BCUT2D eigenvalue weighted by molar-refractivity contribution is 9.10. The Kier molecular flexibility index (Phi) is 3.28. The van der Waals surface area contributed by atoms with Gasteiger partial charge in [-0.05, 0) is 34.8 Å². The van der Waals surface area contributed by atoms with E-state index < -0.39 is 11.4 Å². The Morgan fingerprint density at radius 3 is 2.62 bits per heavy atom. The van der Waals surface area contributed by atoms with Crippen LogP contribution in [0.25, 0.3) is 0 Å². The number of hydrogen-bond acceptors (Lipinski definition) is 2. The Balaban J connectivity index is 2.47. The van der Waals surface area contributed by atoms with Crippen LogP contribution in [0.1, 0.15) is 37.7 Å². The normalized spacial score (nSPS) is 19.3. The van der Waals surface area contributed by atoms with Crippen molar-refractivity contribution in [2.45, 2.75) is 37.5 Å². The minimum atomic E-state index is -0.731. The summed E-state index contributed by atoms with van der Waals surface area (Å²) in [6, 6.07) is 3.68. The summed E-state index contributed by atoms with van der Waals surface area (Å²) in [4.78, 5) is 15.7. The Hall–Kier alpha value is -0.900. The predicted molar refractivity (Wildman–Crippen MR) is 64.3 cm³/mol. The van der Waals surface area contributed by atoms with E-state index in [0.717, 1.165) is 24.8 Å². The summed E-state index contributed by atoms with van der Waals surface area (Å²) in [6.45, 7) is 0. The van der Waals surface area contributed by atoms with Gasteiger partial charge in [-0.25, -0.2) is 4.98 Å². The molecular formula is C12H14BrNO2. The van der Waals surface area contributed by atoms with Crippen LogP contribution in [0.5, 0.6) is 0 Å². The van der Waals surface area contributed by atoms with Crippen LogP contribution in [0, 0.1) is 0 Å². The molecule has 4 heteroatoms. The fourth-order valence-corrected chi connectivity index (χ4v) is 3.13. The number of pyridine rings is 1. The molecule has 1 aromatic heterocycles. The van der Waals surface area contributed by atoms with E-state index in [2.05, 4.69) is 20.9 Å². The van der Waals surface area contributed by atoms with Gasteiger partial charge in [0, 0.05) is 11.8 Å². The van der Waals surface area contributed by atoms with E-state index in [4.69, 9.17) is 0 Å². The molecule has 1 saturated carbocycles. The van der Waals surface area contributed by atoms with Crippen LogP contribution in [0.4, 0.5) is 0 Å². The molecule has 16 heavy (non-hydrogen) atoms. The van der Waals surface area contributed by atoms with Crippen molar-refractivity contribution < 1.29 is 9.90 Å². The van der Waals surface area contributed by atoms with Crippen LogP contribution in [0.15, 0.2) is 22.9 Å². The summed E-state index contributed by atoms with van der Waals surface area (Å²) in [6.07, 6.45) is 6.19. The average Bonchev–Trinajstić information content (AvgIpc) is 2.30. The van der Waals surface area contributed by atoms with Gasteiger partial charge in [0.2, 0.25) is 0 Å². The monoisotopic (exact) mass is 283 g/mol. The van der Waals surface area contributed by atoms with Gasteiger partial charge in [0.15, 0.2) is 0 Å². The van der Waals surface area contributed by atoms with Crippen LogP contribution in [0.3, 0.4) is 0 Å². The van der Waals surface area contributed by atoms with Gasteiger partial charge in [-0.1, -0.05) is 25.3 Å². The summed E-state index contributed by atoms with van der Waals surface area (Å²) in [5.74, 6) is -0.721. The van der Waals surface area contributed by atoms with Crippen molar-refractivity contribution in [3.05, 3.63) is 28.5 Å². The topological polar surface area (TPSA) is 50.2 Å². The van der Waals surface area contributed by atoms with Crippen molar-refractivity contribution in [3.63, 3.8) is 0 Å². The lowest BCUT2D eigenvalue weighted by Gasteiger charge is -2.33. The molecule has 3 nitrogen and oxygen atoms in total. The summed E-state index contributed by atoms with van der Waals surface area (Å²) in [7, 11) is 0. The zero-order valence-electron chi connectivity index (χ0n) is 8.95. The molecule has 0 aliphatic heterocycles. The number of carbonyl (C=O) groups is 1. The Morgan fingerprint density at radius 2 is 2.06 bits per heavy atom. The maximum absolute atomic E-state index is 11.6. The number of aromatic nitrogens is 1. The smallest absolute Gasteiger partial charge is 0.314 e. The van der Waals surface area contributed by atoms with Crippen molar-refractivity contribution in [2.75, 3.05) is 0 Å². The number of nitrogens with zero attached hydrogens (tertiary/aromatic N) is 1. The first-order valence-electron chi connectivity index (χ1n) is 5.51. The summed E-state index contributed by atoms with van der Waals surface area (Å²) < 4.78 is 0.666. The van der Waals surface area contributed by atoms with Gasteiger partial charge in [0.1, 0.15) is 4.60 Å². The third-order valence-corrected chi connectivity index (χ3v) is 4.02. The van der Waals surface area contributed by atoms with Crippen LogP contribution < -0.4 is 0 Å². The summed E-state index contributed by atoms with van der Waals surface area (Å²) >= 11 is 3.36. The van der Waals surface area contributed by atoms with Crippen molar-refractivity contribution >= 4 is 21.9 Å². The molecule has 1 N–H and O–H groups in total. The number of carboxylic acid groups (broad SMARTS) is 1. The number of hydrogen-bond donors (Lipinski definition) is 1. The fourth-order valence-electron chi connectivity index (χ4n) is 2.50. The lowest BCUT2D eigenvalue weighted by atomic mass is 9.70. The molecule has 1 aliphatic carbocycles. The molecule has 0 bridgehead atoms. The van der Waals surface area contributed by atoms with Crippen molar-refractivity contribution in [1.29, 1.82) is 0 Å². The Labute approximate surface area is 103 Å². The van der Waals surface area contributed by atoms with Crippen LogP contribution >= 0.6 is 15.9 Å². The van der Waals surface area contributed by atoms with Gasteiger partial charge in [-0.2, -0.15) is 0 Å². The van der Waals surface area contributed by atoms with Gasteiger partial charge in [-0.15, -0.1) is 0 Å². The second-order valence-electron chi connectivity index (χ2n) is 4.29. The van der Waals surface area contributed by atoms with E-state index in [0.29, 0.717) is 17.4 Å². The first-order chi connectivity index (χ1) is 7.67. The molecule has 1 fully saturated rings. The van der Waals surface area contributed by atoms with Crippen LogP contribution in [-0.2, 0) is 10.2 Å². The lowest BCUT2D eigenvalue weighted by molar-refractivity contribution is -0.145. The van der Waals surface area contributed by atoms with Gasteiger partial charge < -0.3 is 5.11 Å². The standard InChI is InChI=1S/C12H14BrNO2/c13-10-9(5-4-8-14-10)12(11(15)16)6-2-1-3-7-12/h4-5,8H,1-3,6-7H2,(H,15,16). The summed E-state index contributed by atoms with van der Waals surface area (Å²) in [5.41, 5.74) is 0.0907. The molecular weight excluding hydrogens is 270 g/mol. The molecule has 1 aliphatic rings. The first-order valence-corrected chi connectivity index (χ1v) is 6.30. The van der Waals surface area contributed by atoms with E-state index in [1.165, 1.54) is 0 Å². The van der Waals surface area contributed by atoms with E-state index in [1.807, 2.05) is 6.07 Å². The number of rotatable bonds is 2. The summed E-state index contributed by atoms with van der Waals surface area (Å²) in [5, 5.41) is 9.52. The second kappa shape index (κ2) is 4.53. The molecule has 1 aromatic rings. The lowest BCUT2D eigenvalue weighted by Crippen LogP contribution is -2.38. The Morgan fingerprint density at radius 1 is 1.38 bits per heavy atom. The Bertz CT molecular complexity index is 400. The highest BCUT2D eigenvalue weighted by Gasteiger charge is 2.42. The van der Waals surface area contributed by atoms with Gasteiger partial charge in [0.05, 0.1) is 5.41 Å². The number of halogens is 1. The first kappa shape index (κ1) is 11.6. The van der Waals surface area contributed by atoms with E-state index in [9.17, 15) is 9.90 Å². The number of aliphatic carboxylic acids is 1. The van der Waals surface area contributed by atoms with E-state index in [1.54, 1.807) is 12.3 Å². The van der Waals surface area contributed by atoms with Crippen LogP contribution in [0.2, 0.25) is 0 Å². The molecule has 0 atom stereocenters. The molecule has 86 valence electrons. The third kappa shape index (κ3) is 1.86. The average molecular weight is 284 g/mol. The highest BCUT2D eigenvalue weighted by atomic mass is 79.9. The minimum Gasteiger partial charge on any atom is -0.481 e. The number of carboxylic acids is 1. The molecule has 1 heterocycles. The fraction of sp³-hybridized carbons (Fsp3) is 0.500. The molecule has 0 aromatic carbocycles. The maximum atomic E-state index is 11.6. The maximum Gasteiger partial charge on any atom is 0.314 e. The SMILES string of the molecule is O=C(O)C1(c2cccnc2Br)CCCCC1. The molecule has 0 saturated heterocycles. The van der Waals surface area contributed by atoms with Gasteiger partial charge in [-0.3, -0.25) is 4.79 Å². The van der Waals surface area contributed by atoms with E-state index >= 15 is 0 Å². The largest absolute Gasteiger partial charge is 0.481 e. The van der Waals surface area contributed by atoms with Gasteiger partial charge >= 0.3 is 5.97 Å². The second-order valence-corrected chi connectivity index (χ2v) is 5.04. The van der Waals surface area contributed by atoms with Crippen LogP contribution in [-0.4, -0.2) is 16.1 Å². The molecule has 0 radical (unpaired) electrons. The molecule has 0 spiro atoms. The van der Waals surface area contributed by atoms with Crippen molar-refractivity contribution in [2.24, 2.45) is 0 Å². The van der Waals surface area contributed by atoms with Gasteiger partial charge in [0.25, 0.3) is 0 Å². The predicted octanol–water partition coefficient (Wildman–Crippen LogP) is 3.13. The molecule has 0 unspecified atom stereocenters. The quantitative estimate of drug-likeness (QED) is 0.849. The van der Waals surface area contributed by atoms with Crippen molar-refractivity contribution in [1.82, 2.24) is 4.98 Å². The minimum absolute atomic E-state index is 0.666. The zero-order valence-corrected chi connectivity index (χ0v) is 10.5. The van der Waals surface area contributed by atoms with Crippen molar-refractivity contribution in [3.8, 4) is 0 Å². The molecule has 0 amide bonds. The molecule has 2 rings (SSSR count).